The quantitative estimate of drug-likeness (QED) is 0.427. The molecule has 0 heterocycles. The first-order chi connectivity index (χ1) is 11.1. The monoisotopic (exact) mass is 317 g/mol. The summed E-state index contributed by atoms with van der Waals surface area (Å²) in [6.07, 6.45) is 10.0. The van der Waals surface area contributed by atoms with Crippen LogP contribution in [0.5, 0.6) is 0 Å². The van der Waals surface area contributed by atoms with Gasteiger partial charge in [-0.15, -0.1) is 6.58 Å². The SMILES string of the molecule is C=CCCCCCCCC(C(N)=O)[C@H](O)CCc1ccccc1. The molecule has 0 bridgehead atoms. The maximum atomic E-state index is 11.6. The number of unbranched alkanes of at least 4 members (excludes halogenated alkanes) is 5. The molecule has 1 rings (SSSR count). The van der Waals surface area contributed by atoms with Crippen molar-refractivity contribution in [3.05, 3.63) is 48.6 Å². The summed E-state index contributed by atoms with van der Waals surface area (Å²) >= 11 is 0. The van der Waals surface area contributed by atoms with Gasteiger partial charge in [0, 0.05) is 0 Å². The van der Waals surface area contributed by atoms with Crippen LogP contribution in [0.2, 0.25) is 0 Å². The second-order valence-corrected chi connectivity index (χ2v) is 6.23. The molecule has 0 saturated carbocycles. The van der Waals surface area contributed by atoms with Crippen LogP contribution >= 0.6 is 0 Å². The summed E-state index contributed by atoms with van der Waals surface area (Å²) in [4.78, 5) is 11.6. The molecule has 3 nitrogen and oxygen atoms in total. The number of allylic oxidation sites excluding steroid dienone is 1. The lowest BCUT2D eigenvalue weighted by Gasteiger charge is -2.20. The highest BCUT2D eigenvalue weighted by Gasteiger charge is 2.23. The number of amides is 1. The molecule has 0 aliphatic heterocycles. The molecule has 3 N–H and O–H groups in total. The van der Waals surface area contributed by atoms with E-state index in [1.807, 2.05) is 36.4 Å². The number of aliphatic hydroxyl groups excluding tert-OH is 1. The van der Waals surface area contributed by atoms with Crippen molar-refractivity contribution in [3.8, 4) is 0 Å². The lowest BCUT2D eigenvalue weighted by atomic mass is 9.90. The highest BCUT2D eigenvalue weighted by atomic mass is 16.3. The minimum absolute atomic E-state index is 0.378. The molecule has 0 aliphatic rings. The Bertz CT molecular complexity index is 444. The van der Waals surface area contributed by atoms with E-state index >= 15 is 0 Å². The Morgan fingerprint density at radius 1 is 1.09 bits per heavy atom. The maximum absolute atomic E-state index is 11.6. The number of benzene rings is 1. The number of hydrogen-bond donors (Lipinski definition) is 2. The molecule has 23 heavy (non-hydrogen) atoms. The van der Waals surface area contributed by atoms with Gasteiger partial charge in [0.05, 0.1) is 12.0 Å². The summed E-state index contributed by atoms with van der Waals surface area (Å²) in [5.41, 5.74) is 6.65. The molecule has 1 aromatic rings. The summed E-state index contributed by atoms with van der Waals surface area (Å²) in [6, 6.07) is 10.0. The number of rotatable bonds is 13. The average molecular weight is 317 g/mol. The fraction of sp³-hybridized carbons (Fsp3) is 0.550. The van der Waals surface area contributed by atoms with Crippen LogP contribution in [0, 0.1) is 5.92 Å². The number of aliphatic hydroxyl groups is 1. The van der Waals surface area contributed by atoms with Crippen LogP contribution in [0.3, 0.4) is 0 Å². The number of hydrogen-bond acceptors (Lipinski definition) is 2. The zero-order valence-electron chi connectivity index (χ0n) is 14.1. The van der Waals surface area contributed by atoms with Gasteiger partial charge in [0.2, 0.25) is 5.91 Å². The van der Waals surface area contributed by atoms with Crippen molar-refractivity contribution in [1.82, 2.24) is 0 Å². The number of primary amides is 1. The van der Waals surface area contributed by atoms with Crippen LogP contribution in [-0.4, -0.2) is 17.1 Å². The standard InChI is InChI=1S/C20H31NO2/c1-2-3-4-5-6-7-11-14-18(20(21)23)19(22)16-15-17-12-9-8-10-13-17/h2,8-10,12-13,18-19,22H,1,3-7,11,14-16H2,(H2,21,23)/t18?,19-/m1/s1. The molecule has 2 atom stereocenters. The van der Waals surface area contributed by atoms with Crippen molar-refractivity contribution >= 4 is 5.91 Å². The Balaban J connectivity index is 2.27. The van der Waals surface area contributed by atoms with Gasteiger partial charge in [-0.25, -0.2) is 0 Å². The zero-order chi connectivity index (χ0) is 16.9. The van der Waals surface area contributed by atoms with Gasteiger partial charge in [-0.05, 0) is 37.7 Å². The van der Waals surface area contributed by atoms with Crippen molar-refractivity contribution in [2.75, 3.05) is 0 Å². The van der Waals surface area contributed by atoms with E-state index in [2.05, 4.69) is 6.58 Å². The highest BCUT2D eigenvalue weighted by Crippen LogP contribution is 2.19. The second-order valence-electron chi connectivity index (χ2n) is 6.23. The second kappa shape index (κ2) is 11.9. The molecule has 1 unspecified atom stereocenters. The largest absolute Gasteiger partial charge is 0.392 e. The molecule has 128 valence electrons. The molecule has 1 amide bonds. The third-order valence-electron chi connectivity index (χ3n) is 4.32. The topological polar surface area (TPSA) is 63.3 Å². The molecule has 0 aromatic heterocycles. The molecule has 1 aromatic carbocycles. The van der Waals surface area contributed by atoms with Crippen molar-refractivity contribution in [2.45, 2.75) is 63.9 Å². The van der Waals surface area contributed by atoms with E-state index in [1.54, 1.807) is 0 Å². The summed E-state index contributed by atoms with van der Waals surface area (Å²) in [5, 5.41) is 10.3. The van der Waals surface area contributed by atoms with E-state index in [1.165, 1.54) is 24.8 Å². The Morgan fingerprint density at radius 3 is 2.39 bits per heavy atom. The van der Waals surface area contributed by atoms with Gasteiger partial charge >= 0.3 is 0 Å². The summed E-state index contributed by atoms with van der Waals surface area (Å²) < 4.78 is 0. The fourth-order valence-corrected chi connectivity index (χ4v) is 2.87. The first kappa shape index (κ1) is 19.4. The molecule has 0 aliphatic carbocycles. The van der Waals surface area contributed by atoms with Crippen LogP contribution in [0.25, 0.3) is 0 Å². The van der Waals surface area contributed by atoms with E-state index in [-0.39, 0.29) is 5.91 Å². The normalized spacial score (nSPS) is 13.4. The summed E-state index contributed by atoms with van der Waals surface area (Å²) in [5.74, 6) is -0.802. The van der Waals surface area contributed by atoms with Crippen molar-refractivity contribution in [2.24, 2.45) is 11.7 Å². The minimum atomic E-state index is -0.645. The molecule has 0 saturated heterocycles. The third kappa shape index (κ3) is 8.56. The third-order valence-corrected chi connectivity index (χ3v) is 4.32. The predicted octanol–water partition coefficient (Wildman–Crippen LogP) is 4.00. The van der Waals surface area contributed by atoms with Crippen LogP contribution in [0.1, 0.15) is 56.9 Å². The Labute approximate surface area is 140 Å². The Morgan fingerprint density at radius 2 is 1.74 bits per heavy atom. The molecular weight excluding hydrogens is 286 g/mol. The molecule has 3 heteroatoms. The van der Waals surface area contributed by atoms with E-state index in [0.717, 1.165) is 25.7 Å². The van der Waals surface area contributed by atoms with Gasteiger partial charge in [0.15, 0.2) is 0 Å². The number of nitrogens with two attached hydrogens (primary N) is 1. The maximum Gasteiger partial charge on any atom is 0.223 e. The van der Waals surface area contributed by atoms with Gasteiger partial charge in [0.25, 0.3) is 0 Å². The lowest BCUT2D eigenvalue weighted by Crippen LogP contribution is -2.33. The highest BCUT2D eigenvalue weighted by molar-refractivity contribution is 5.77. The van der Waals surface area contributed by atoms with Gasteiger partial charge < -0.3 is 10.8 Å². The molecular formula is C20H31NO2. The van der Waals surface area contributed by atoms with Crippen LogP contribution in [0.15, 0.2) is 43.0 Å². The van der Waals surface area contributed by atoms with E-state index in [0.29, 0.717) is 12.8 Å². The molecule has 0 radical (unpaired) electrons. The number of aryl methyl sites for hydroxylation is 1. The van der Waals surface area contributed by atoms with E-state index < -0.39 is 12.0 Å². The Kier molecular flexibility index (Phi) is 10.0. The smallest absolute Gasteiger partial charge is 0.223 e. The number of carbonyl (C=O) groups excluding carboxylic acids is 1. The van der Waals surface area contributed by atoms with Crippen molar-refractivity contribution in [1.29, 1.82) is 0 Å². The van der Waals surface area contributed by atoms with Crippen LogP contribution in [-0.2, 0) is 11.2 Å². The van der Waals surface area contributed by atoms with Crippen molar-refractivity contribution in [3.63, 3.8) is 0 Å². The van der Waals surface area contributed by atoms with Crippen LogP contribution < -0.4 is 5.73 Å². The average Bonchev–Trinajstić information content (AvgIpc) is 2.56. The Hall–Kier alpha value is -1.61. The first-order valence-corrected chi connectivity index (χ1v) is 8.77. The summed E-state index contributed by atoms with van der Waals surface area (Å²) in [7, 11) is 0. The molecule has 0 spiro atoms. The predicted molar refractivity (Wildman–Crippen MR) is 96.0 cm³/mol. The summed E-state index contributed by atoms with van der Waals surface area (Å²) in [6.45, 7) is 3.72. The van der Waals surface area contributed by atoms with E-state index in [4.69, 9.17) is 5.73 Å². The van der Waals surface area contributed by atoms with E-state index in [9.17, 15) is 9.90 Å². The van der Waals surface area contributed by atoms with Gasteiger partial charge in [-0.3, -0.25) is 4.79 Å². The first-order valence-electron chi connectivity index (χ1n) is 8.77. The van der Waals surface area contributed by atoms with Crippen molar-refractivity contribution < 1.29 is 9.90 Å². The van der Waals surface area contributed by atoms with Crippen LogP contribution in [0.4, 0.5) is 0 Å². The van der Waals surface area contributed by atoms with Gasteiger partial charge in [0.1, 0.15) is 0 Å². The minimum Gasteiger partial charge on any atom is -0.392 e. The fourth-order valence-electron chi connectivity index (χ4n) is 2.87. The van der Waals surface area contributed by atoms with Gasteiger partial charge in [-0.1, -0.05) is 62.1 Å². The number of carbonyl (C=O) groups is 1. The molecule has 0 fully saturated rings. The van der Waals surface area contributed by atoms with Gasteiger partial charge in [-0.2, -0.15) is 0 Å². The lowest BCUT2D eigenvalue weighted by molar-refractivity contribution is -0.125. The zero-order valence-corrected chi connectivity index (χ0v) is 14.1.